The van der Waals surface area contributed by atoms with Gasteiger partial charge in [-0.05, 0) is 74.8 Å². The van der Waals surface area contributed by atoms with Gasteiger partial charge in [-0.15, -0.1) is 0 Å². The van der Waals surface area contributed by atoms with E-state index in [4.69, 9.17) is 10.5 Å². The Kier molecular flexibility index (Phi) is 9.53. The maximum Gasteiger partial charge on any atom is 0.416 e. The molecule has 0 bridgehead atoms. The number of amides is 1. The van der Waals surface area contributed by atoms with Gasteiger partial charge in [0.2, 0.25) is 0 Å². The van der Waals surface area contributed by atoms with Crippen molar-refractivity contribution in [3.63, 3.8) is 0 Å². The van der Waals surface area contributed by atoms with E-state index >= 15 is 0 Å². The molecular weight excluding hydrogens is 545 g/mol. The van der Waals surface area contributed by atoms with Gasteiger partial charge in [-0.1, -0.05) is 24.0 Å². The summed E-state index contributed by atoms with van der Waals surface area (Å²) in [6.07, 6.45) is -0.839. The number of aromatic nitrogens is 1. The zero-order valence-electron chi connectivity index (χ0n) is 23.8. The highest BCUT2D eigenvalue weighted by molar-refractivity contribution is 5.98. The van der Waals surface area contributed by atoms with E-state index in [0.717, 1.165) is 24.6 Å². The van der Waals surface area contributed by atoms with Crippen LogP contribution in [-0.4, -0.2) is 61.9 Å². The topological polar surface area (TPSA) is 88.8 Å². The van der Waals surface area contributed by atoms with Gasteiger partial charge in [-0.2, -0.15) is 13.2 Å². The molecule has 1 aliphatic heterocycles. The first-order valence-corrected chi connectivity index (χ1v) is 13.5. The van der Waals surface area contributed by atoms with Gasteiger partial charge in [-0.3, -0.25) is 14.6 Å². The minimum absolute atomic E-state index is 0.176. The molecule has 1 fully saturated rings. The standard InChI is InChI=1S/C32H33F3N4O3/c1-21-4-6-26(14-25(21)7-5-22-12-29(17-37-16-22)42-20-31(36)41)30(40)13-24-10-27(32(33,34)35)15-28(11-24)39-9-8-23(19-39)18-38(2)3/h4,6,10-12,14-17,23H,8-9,13,18-20H2,1-3H3,(H2,36,41)/t23-/m0/s1. The summed E-state index contributed by atoms with van der Waals surface area (Å²) in [5.41, 5.74) is 7.45. The summed E-state index contributed by atoms with van der Waals surface area (Å²) in [4.78, 5) is 32.3. The number of halogens is 3. The molecule has 0 spiro atoms. The number of ether oxygens (including phenoxy) is 1. The molecular formula is C32H33F3N4O3. The Hall–Kier alpha value is -4.36. The highest BCUT2D eigenvalue weighted by atomic mass is 19.4. The van der Waals surface area contributed by atoms with Gasteiger partial charge in [-0.25, -0.2) is 0 Å². The first kappa shape index (κ1) is 30.6. The zero-order valence-corrected chi connectivity index (χ0v) is 23.8. The number of hydrogen-bond acceptors (Lipinski definition) is 6. The average molecular weight is 579 g/mol. The number of nitrogens with zero attached hydrogens (tertiary/aromatic N) is 3. The van der Waals surface area contributed by atoms with Crippen LogP contribution in [0.2, 0.25) is 0 Å². The number of anilines is 1. The summed E-state index contributed by atoms with van der Waals surface area (Å²) in [6.45, 7) is 3.77. The monoisotopic (exact) mass is 578 g/mol. The number of carbonyl (C=O) groups excluding carboxylic acids is 2. The second-order valence-corrected chi connectivity index (χ2v) is 10.8. The Bertz CT molecular complexity index is 1530. The van der Waals surface area contributed by atoms with Gasteiger partial charge in [0, 0.05) is 54.6 Å². The lowest BCUT2D eigenvalue weighted by Crippen LogP contribution is -2.26. The van der Waals surface area contributed by atoms with E-state index in [1.54, 1.807) is 30.3 Å². The van der Waals surface area contributed by atoms with Crippen molar-refractivity contribution in [1.29, 1.82) is 0 Å². The molecule has 1 saturated heterocycles. The first-order valence-electron chi connectivity index (χ1n) is 13.5. The van der Waals surface area contributed by atoms with Crippen molar-refractivity contribution in [3.05, 3.63) is 88.2 Å². The molecule has 0 radical (unpaired) electrons. The van der Waals surface area contributed by atoms with Crippen molar-refractivity contribution in [3.8, 4) is 17.6 Å². The van der Waals surface area contributed by atoms with Crippen molar-refractivity contribution >= 4 is 17.4 Å². The molecule has 1 aliphatic rings. The largest absolute Gasteiger partial charge is 0.482 e. The Balaban J connectivity index is 1.54. The van der Waals surface area contributed by atoms with E-state index in [2.05, 4.69) is 21.7 Å². The second kappa shape index (κ2) is 13.1. The van der Waals surface area contributed by atoms with Crippen LogP contribution in [0.3, 0.4) is 0 Å². The third kappa shape index (κ3) is 8.33. The Morgan fingerprint density at radius 2 is 1.90 bits per heavy atom. The normalized spacial score (nSPS) is 14.9. The molecule has 1 atom stereocenters. The van der Waals surface area contributed by atoms with Crippen LogP contribution in [0.25, 0.3) is 0 Å². The number of primary amides is 1. The van der Waals surface area contributed by atoms with Crippen LogP contribution in [0, 0.1) is 24.7 Å². The molecule has 220 valence electrons. The number of alkyl halides is 3. The van der Waals surface area contributed by atoms with Crippen LogP contribution in [0.1, 0.15) is 44.6 Å². The molecule has 1 aromatic heterocycles. The number of hydrogen-bond donors (Lipinski definition) is 1. The van der Waals surface area contributed by atoms with Crippen molar-refractivity contribution < 1.29 is 27.5 Å². The van der Waals surface area contributed by atoms with E-state index in [0.29, 0.717) is 52.7 Å². The van der Waals surface area contributed by atoms with Crippen molar-refractivity contribution in [2.24, 2.45) is 11.7 Å². The number of Topliss-reactive ketones (excluding diaryl/α,β-unsaturated/α-hetero) is 1. The van der Waals surface area contributed by atoms with Crippen LogP contribution < -0.4 is 15.4 Å². The Labute approximate surface area is 243 Å². The fourth-order valence-corrected chi connectivity index (χ4v) is 4.93. The quantitative estimate of drug-likeness (QED) is 0.298. The van der Waals surface area contributed by atoms with Crippen LogP contribution in [0.4, 0.5) is 18.9 Å². The lowest BCUT2D eigenvalue weighted by molar-refractivity contribution is -0.137. The smallest absolute Gasteiger partial charge is 0.416 e. The summed E-state index contributed by atoms with van der Waals surface area (Å²) in [7, 11) is 3.97. The van der Waals surface area contributed by atoms with E-state index in [1.165, 1.54) is 18.5 Å². The molecule has 1 amide bonds. The number of nitrogens with two attached hydrogens (primary N) is 1. The van der Waals surface area contributed by atoms with E-state index in [1.807, 2.05) is 25.9 Å². The number of benzene rings is 2. The fraction of sp³-hybridized carbons (Fsp3) is 0.344. The molecule has 2 heterocycles. The third-order valence-corrected chi connectivity index (χ3v) is 6.94. The summed E-state index contributed by atoms with van der Waals surface area (Å²) < 4.78 is 46.7. The van der Waals surface area contributed by atoms with Gasteiger partial charge in [0.1, 0.15) is 5.75 Å². The van der Waals surface area contributed by atoms with Gasteiger partial charge in [0.05, 0.1) is 11.8 Å². The Morgan fingerprint density at radius 1 is 1.12 bits per heavy atom. The van der Waals surface area contributed by atoms with Crippen molar-refractivity contribution in [1.82, 2.24) is 9.88 Å². The molecule has 2 N–H and O–H groups in total. The van der Waals surface area contributed by atoms with E-state index in [9.17, 15) is 22.8 Å². The zero-order chi connectivity index (χ0) is 30.4. The maximum atomic E-state index is 13.8. The van der Waals surface area contributed by atoms with Crippen molar-refractivity contribution in [2.75, 3.05) is 45.2 Å². The highest BCUT2D eigenvalue weighted by Gasteiger charge is 2.33. The third-order valence-electron chi connectivity index (χ3n) is 6.94. The van der Waals surface area contributed by atoms with E-state index in [-0.39, 0.29) is 18.8 Å². The maximum absolute atomic E-state index is 13.8. The molecule has 3 aromatic rings. The highest BCUT2D eigenvalue weighted by Crippen LogP contribution is 2.35. The summed E-state index contributed by atoms with van der Waals surface area (Å²) in [5, 5.41) is 0. The molecule has 0 saturated carbocycles. The number of aryl methyl sites for hydroxylation is 1. The molecule has 4 rings (SSSR count). The molecule has 2 aromatic carbocycles. The minimum atomic E-state index is -4.53. The summed E-state index contributed by atoms with van der Waals surface area (Å²) in [6, 6.07) is 10.6. The molecule has 42 heavy (non-hydrogen) atoms. The van der Waals surface area contributed by atoms with Crippen LogP contribution >= 0.6 is 0 Å². The lowest BCUT2D eigenvalue weighted by atomic mass is 9.97. The predicted molar refractivity (Wildman–Crippen MR) is 154 cm³/mol. The molecule has 0 aliphatic carbocycles. The van der Waals surface area contributed by atoms with Crippen molar-refractivity contribution in [2.45, 2.75) is 25.9 Å². The number of carbonyl (C=O) groups is 2. The molecule has 10 heteroatoms. The molecule has 0 unspecified atom stereocenters. The van der Waals surface area contributed by atoms with Gasteiger partial charge in [0.15, 0.2) is 12.4 Å². The average Bonchev–Trinajstić information content (AvgIpc) is 3.39. The number of rotatable bonds is 9. The van der Waals surface area contributed by atoms with Gasteiger partial charge >= 0.3 is 6.18 Å². The summed E-state index contributed by atoms with van der Waals surface area (Å²) >= 11 is 0. The number of pyridine rings is 1. The van der Waals surface area contributed by atoms with Crippen LogP contribution in [0.5, 0.6) is 5.75 Å². The molecule has 7 nitrogen and oxygen atoms in total. The van der Waals surface area contributed by atoms with E-state index < -0.39 is 17.6 Å². The van der Waals surface area contributed by atoms with Crippen LogP contribution in [0.15, 0.2) is 54.9 Å². The fourth-order valence-electron chi connectivity index (χ4n) is 4.93. The Morgan fingerprint density at radius 3 is 2.62 bits per heavy atom. The first-order chi connectivity index (χ1) is 19.9. The van der Waals surface area contributed by atoms with Gasteiger partial charge in [0.25, 0.3) is 5.91 Å². The lowest BCUT2D eigenvalue weighted by Gasteiger charge is -2.22. The SMILES string of the molecule is Cc1ccc(C(=O)Cc2cc(N3CC[C@@H](CN(C)C)C3)cc(C(F)(F)F)c2)cc1C#Cc1cncc(OCC(N)=O)c1. The number of ketones is 1. The summed E-state index contributed by atoms with van der Waals surface area (Å²) in [5.74, 6) is 5.78. The predicted octanol–water partition coefficient (Wildman–Crippen LogP) is 4.49. The van der Waals surface area contributed by atoms with Crippen LogP contribution in [-0.2, 0) is 17.4 Å². The second-order valence-electron chi connectivity index (χ2n) is 10.8. The minimum Gasteiger partial charge on any atom is -0.482 e. The van der Waals surface area contributed by atoms with Gasteiger partial charge < -0.3 is 20.3 Å².